The number of halogens is 3. The molecule has 5 heteroatoms. The first kappa shape index (κ1) is 14.2. The van der Waals surface area contributed by atoms with E-state index in [1.54, 1.807) is 0 Å². The first-order chi connectivity index (χ1) is 9.39. The minimum Gasteiger partial charge on any atom is -0.504 e. The molecule has 0 saturated carbocycles. The van der Waals surface area contributed by atoms with Crippen LogP contribution in [0.25, 0.3) is 0 Å². The molecule has 0 bridgehead atoms. The Kier molecular flexibility index (Phi) is 3.88. The number of phenolic OH excluding ortho intramolecular Hbond substituents is 1. The molecule has 2 aromatic carbocycles. The van der Waals surface area contributed by atoms with Crippen LogP contribution in [0.2, 0.25) is 0 Å². The fraction of sp³-hybridized carbons (Fsp3) is 0.200. The zero-order chi connectivity index (χ0) is 14.8. The Morgan fingerprint density at radius 3 is 2.30 bits per heavy atom. The number of benzene rings is 2. The monoisotopic (exact) mass is 282 g/mol. The maximum absolute atomic E-state index is 12.7. The van der Waals surface area contributed by atoms with Crippen LogP contribution in [0.5, 0.6) is 11.5 Å². The summed E-state index contributed by atoms with van der Waals surface area (Å²) in [6, 6.07) is 11.2. The quantitative estimate of drug-likeness (QED) is 0.909. The third-order valence-electron chi connectivity index (χ3n) is 2.94. The van der Waals surface area contributed by atoms with Crippen LogP contribution < -0.4 is 4.74 Å². The van der Waals surface area contributed by atoms with Gasteiger partial charge in [0.2, 0.25) is 0 Å². The number of aromatic hydroxyl groups is 1. The SMILES string of the molecule is Cc1c(C(F)(F)F)ccc(OCc2ccccc2)c1O. The summed E-state index contributed by atoms with van der Waals surface area (Å²) >= 11 is 0. The molecule has 0 aliphatic heterocycles. The van der Waals surface area contributed by atoms with Crippen molar-refractivity contribution < 1.29 is 23.0 Å². The van der Waals surface area contributed by atoms with E-state index in [-0.39, 0.29) is 17.9 Å². The van der Waals surface area contributed by atoms with Crippen molar-refractivity contribution in [3.63, 3.8) is 0 Å². The molecule has 106 valence electrons. The highest BCUT2D eigenvalue weighted by molar-refractivity contribution is 5.50. The molecule has 0 unspecified atom stereocenters. The van der Waals surface area contributed by atoms with Gasteiger partial charge in [0.05, 0.1) is 5.56 Å². The van der Waals surface area contributed by atoms with Crippen LogP contribution in [0, 0.1) is 6.92 Å². The predicted octanol–water partition coefficient (Wildman–Crippen LogP) is 4.30. The molecule has 20 heavy (non-hydrogen) atoms. The Hall–Kier alpha value is -2.17. The van der Waals surface area contributed by atoms with Crippen molar-refractivity contribution in [3.8, 4) is 11.5 Å². The summed E-state index contributed by atoms with van der Waals surface area (Å²) in [5.41, 5.74) is -0.227. The second kappa shape index (κ2) is 5.45. The highest BCUT2D eigenvalue weighted by Gasteiger charge is 2.33. The molecule has 0 amide bonds. The molecule has 0 heterocycles. The smallest absolute Gasteiger partial charge is 0.416 e. The molecule has 0 spiro atoms. The summed E-state index contributed by atoms with van der Waals surface area (Å²) in [6.45, 7) is 1.40. The molecule has 0 aliphatic carbocycles. The molecule has 2 nitrogen and oxygen atoms in total. The maximum atomic E-state index is 12.7. The summed E-state index contributed by atoms with van der Waals surface area (Å²) in [5.74, 6) is -0.435. The topological polar surface area (TPSA) is 29.5 Å². The second-order valence-corrected chi connectivity index (χ2v) is 4.36. The number of hydrogen-bond acceptors (Lipinski definition) is 2. The van der Waals surface area contributed by atoms with Crippen molar-refractivity contribution in [3.05, 3.63) is 59.2 Å². The van der Waals surface area contributed by atoms with Gasteiger partial charge in [-0.25, -0.2) is 0 Å². The Bertz CT molecular complexity index is 592. The van der Waals surface area contributed by atoms with Crippen LogP contribution >= 0.6 is 0 Å². The molecular weight excluding hydrogens is 269 g/mol. The zero-order valence-corrected chi connectivity index (χ0v) is 10.7. The van der Waals surface area contributed by atoms with Crippen molar-refractivity contribution in [2.45, 2.75) is 19.7 Å². The van der Waals surface area contributed by atoms with Gasteiger partial charge in [-0.2, -0.15) is 13.2 Å². The van der Waals surface area contributed by atoms with E-state index in [1.807, 2.05) is 30.3 Å². The summed E-state index contributed by atoms with van der Waals surface area (Å²) < 4.78 is 43.3. The number of phenols is 1. The minimum atomic E-state index is -4.49. The normalized spacial score (nSPS) is 11.4. The van der Waals surface area contributed by atoms with Gasteiger partial charge in [0.25, 0.3) is 0 Å². The van der Waals surface area contributed by atoms with E-state index in [0.29, 0.717) is 0 Å². The Morgan fingerprint density at radius 1 is 1.05 bits per heavy atom. The molecular formula is C15H13F3O2. The van der Waals surface area contributed by atoms with Gasteiger partial charge in [-0.15, -0.1) is 0 Å². The van der Waals surface area contributed by atoms with Gasteiger partial charge < -0.3 is 9.84 Å². The lowest BCUT2D eigenvalue weighted by atomic mass is 10.1. The van der Waals surface area contributed by atoms with E-state index in [2.05, 4.69) is 0 Å². The van der Waals surface area contributed by atoms with E-state index in [9.17, 15) is 18.3 Å². The van der Waals surface area contributed by atoms with Crippen molar-refractivity contribution >= 4 is 0 Å². The summed E-state index contributed by atoms with van der Waals surface area (Å²) in [7, 11) is 0. The molecule has 0 radical (unpaired) electrons. The first-order valence-corrected chi connectivity index (χ1v) is 5.96. The minimum absolute atomic E-state index is 0.0411. The molecule has 2 aromatic rings. The average Bonchev–Trinajstić information content (AvgIpc) is 2.40. The molecule has 2 rings (SSSR count). The standard InChI is InChI=1S/C15H13F3O2/c1-10-12(15(16,17)18)7-8-13(14(10)19)20-9-11-5-3-2-4-6-11/h2-8,19H,9H2,1H3. The molecule has 0 aromatic heterocycles. The lowest BCUT2D eigenvalue weighted by molar-refractivity contribution is -0.138. The summed E-state index contributed by atoms with van der Waals surface area (Å²) in [4.78, 5) is 0. The van der Waals surface area contributed by atoms with Gasteiger partial charge in [-0.1, -0.05) is 30.3 Å². The summed E-state index contributed by atoms with van der Waals surface area (Å²) in [5, 5.41) is 9.79. The maximum Gasteiger partial charge on any atom is 0.416 e. The van der Waals surface area contributed by atoms with Gasteiger partial charge in [-0.3, -0.25) is 0 Å². The Morgan fingerprint density at radius 2 is 1.70 bits per heavy atom. The fourth-order valence-corrected chi connectivity index (χ4v) is 1.83. The van der Waals surface area contributed by atoms with E-state index in [0.717, 1.165) is 17.7 Å². The van der Waals surface area contributed by atoms with E-state index >= 15 is 0 Å². The zero-order valence-electron chi connectivity index (χ0n) is 10.7. The molecule has 0 saturated heterocycles. The number of alkyl halides is 3. The van der Waals surface area contributed by atoms with Gasteiger partial charge in [0, 0.05) is 5.56 Å². The molecule has 1 N–H and O–H groups in total. The van der Waals surface area contributed by atoms with Gasteiger partial charge in [0.1, 0.15) is 6.61 Å². The largest absolute Gasteiger partial charge is 0.504 e. The van der Waals surface area contributed by atoms with Gasteiger partial charge in [0.15, 0.2) is 11.5 Å². The Labute approximate surface area is 114 Å². The third-order valence-corrected chi connectivity index (χ3v) is 2.94. The fourth-order valence-electron chi connectivity index (χ4n) is 1.83. The predicted molar refractivity (Wildman–Crippen MR) is 68.6 cm³/mol. The molecule has 0 aliphatic rings. The Balaban J connectivity index is 2.20. The average molecular weight is 282 g/mol. The number of hydrogen-bond donors (Lipinski definition) is 1. The first-order valence-electron chi connectivity index (χ1n) is 5.96. The third kappa shape index (κ3) is 3.04. The van der Waals surface area contributed by atoms with Crippen LogP contribution in [-0.4, -0.2) is 5.11 Å². The van der Waals surface area contributed by atoms with E-state index in [4.69, 9.17) is 4.74 Å². The molecule has 0 fully saturated rings. The van der Waals surface area contributed by atoms with Crippen molar-refractivity contribution in [1.82, 2.24) is 0 Å². The van der Waals surface area contributed by atoms with Crippen molar-refractivity contribution in [1.29, 1.82) is 0 Å². The van der Waals surface area contributed by atoms with Crippen LogP contribution in [0.4, 0.5) is 13.2 Å². The van der Waals surface area contributed by atoms with Crippen LogP contribution in [-0.2, 0) is 12.8 Å². The highest BCUT2D eigenvalue weighted by Crippen LogP contribution is 2.39. The van der Waals surface area contributed by atoms with Crippen LogP contribution in [0.15, 0.2) is 42.5 Å². The highest BCUT2D eigenvalue weighted by atomic mass is 19.4. The number of ether oxygens (including phenoxy) is 1. The van der Waals surface area contributed by atoms with Gasteiger partial charge >= 0.3 is 6.18 Å². The van der Waals surface area contributed by atoms with E-state index in [1.165, 1.54) is 6.92 Å². The number of rotatable bonds is 3. The van der Waals surface area contributed by atoms with Crippen molar-refractivity contribution in [2.24, 2.45) is 0 Å². The second-order valence-electron chi connectivity index (χ2n) is 4.36. The van der Waals surface area contributed by atoms with Crippen molar-refractivity contribution in [2.75, 3.05) is 0 Å². The molecule has 0 atom stereocenters. The summed E-state index contributed by atoms with van der Waals surface area (Å²) in [6.07, 6.45) is -4.49. The lowest BCUT2D eigenvalue weighted by Crippen LogP contribution is -2.08. The van der Waals surface area contributed by atoms with Crippen LogP contribution in [0.1, 0.15) is 16.7 Å². The van der Waals surface area contributed by atoms with E-state index < -0.39 is 17.5 Å². The van der Waals surface area contributed by atoms with Crippen LogP contribution in [0.3, 0.4) is 0 Å². The lowest BCUT2D eigenvalue weighted by Gasteiger charge is -2.14. The van der Waals surface area contributed by atoms with Gasteiger partial charge in [-0.05, 0) is 24.6 Å².